The predicted molar refractivity (Wildman–Crippen MR) is 436 cm³/mol. The van der Waals surface area contributed by atoms with Gasteiger partial charge >= 0.3 is 5.97 Å². The molecule has 3 saturated heterocycles. The van der Waals surface area contributed by atoms with E-state index in [2.05, 4.69) is 37.2 Å². The minimum Gasteiger partial charge on any atom is -0.508 e. The maximum absolute atomic E-state index is 16.5. The molecule has 0 spiro atoms. The summed E-state index contributed by atoms with van der Waals surface area (Å²) in [6.07, 6.45) is -16.1. The summed E-state index contributed by atoms with van der Waals surface area (Å²) in [5, 5.41) is 137. The quantitative estimate of drug-likeness (QED) is 0.0339. The van der Waals surface area contributed by atoms with Crippen LogP contribution in [0.15, 0.2) is 102 Å². The van der Waals surface area contributed by atoms with Crippen molar-refractivity contribution >= 4 is 80.5 Å². The Morgan fingerprint density at radius 3 is 2.00 bits per heavy atom. The average molecular weight is 1790 g/mol. The molecule has 15 rings (SSSR count). The molecule has 7 amide bonds. The van der Waals surface area contributed by atoms with Crippen LogP contribution in [0.1, 0.15) is 154 Å². The molecule has 3 fully saturated rings. The molecule has 8 heterocycles. The number of unbranched alkanes of at least 4 members (excludes halogenated alkanes) is 2. The fourth-order valence-corrected chi connectivity index (χ4v) is 18.3. The van der Waals surface area contributed by atoms with E-state index < -0.39 is 248 Å². The number of aliphatic carboxylic acids is 1. The Balaban J connectivity index is 0.993. The smallest absolute Gasteiger partial charge is 0.330 e. The van der Waals surface area contributed by atoms with Gasteiger partial charge in [0.15, 0.2) is 29.9 Å². The van der Waals surface area contributed by atoms with E-state index in [9.17, 15) is 73.9 Å². The van der Waals surface area contributed by atoms with Crippen LogP contribution in [-0.2, 0) is 74.9 Å². The number of aliphatic hydroxyl groups excluding tert-OH is 6. The lowest BCUT2D eigenvalue weighted by Gasteiger charge is -2.47. The van der Waals surface area contributed by atoms with Crippen LogP contribution in [0, 0.1) is 5.92 Å². The van der Waals surface area contributed by atoms with Crippen molar-refractivity contribution in [2.24, 2.45) is 17.4 Å². The molecule has 0 radical (unpaired) electrons. The molecule has 17 unspecified atom stereocenters. The normalized spacial score (nSPS) is 28.0. The van der Waals surface area contributed by atoms with Crippen molar-refractivity contribution in [3.8, 4) is 51.4 Å². The maximum Gasteiger partial charge on any atom is 0.330 e. The number of rotatable bonds is 22. The van der Waals surface area contributed by atoms with Crippen LogP contribution in [0.25, 0.3) is 11.1 Å². The molecule has 11 bridgehead atoms. The first-order valence-electron chi connectivity index (χ1n) is 40.2. The number of carboxylic acid groups (broad SMARTS) is 1. The number of fused-ring (bicyclic) bond motifs is 12. The molecule has 21 N–H and O–H groups in total. The lowest BCUT2D eigenvalue weighted by atomic mass is 9.86. The molecular weight excluding hydrogens is 1690 g/mol. The van der Waals surface area contributed by atoms with Gasteiger partial charge in [-0.25, -0.2) is 13.2 Å². The Hall–Kier alpha value is -9.99. The number of carboxylic acids is 1. The highest BCUT2D eigenvalue weighted by Crippen LogP contribution is 2.55. The summed E-state index contributed by atoms with van der Waals surface area (Å²) >= 11 is 14.3. The van der Waals surface area contributed by atoms with Crippen LogP contribution in [0.3, 0.4) is 0 Å². The van der Waals surface area contributed by atoms with Crippen LogP contribution in [0.5, 0.6) is 40.2 Å². The van der Waals surface area contributed by atoms with E-state index in [1.165, 1.54) is 61.6 Å². The Labute approximate surface area is 720 Å². The number of primary amides is 1. The topological polar surface area (TPSA) is 580 Å². The number of carbonyl (C=O) groups is 8. The third-order valence-electron chi connectivity index (χ3n) is 22.9. The van der Waals surface area contributed by atoms with Crippen LogP contribution in [-0.4, -0.2) is 235 Å². The Bertz CT molecular complexity index is 5230. The molecule has 41 heteroatoms. The molecule has 0 saturated carbocycles. The van der Waals surface area contributed by atoms with Gasteiger partial charge in [-0.2, -0.15) is 4.31 Å². The molecule has 18 atom stereocenters. The number of aliphatic hydroxyl groups is 8. The monoisotopic (exact) mass is 1780 g/mol. The number of amides is 7. The van der Waals surface area contributed by atoms with Gasteiger partial charge in [0, 0.05) is 48.3 Å². The first-order valence-corrected chi connectivity index (χ1v) is 42.4. The standard InChI is InChI=1S/C83H99Cl2N11O27S/c1-7-8-9-23-117-42-14-16-43(17-15-42)124(115,116)96-22-10-21-95(35-96)33-46-52(98)30-45-60-44-25-38(11-18-47(44)83(113,114)61(46)60)62-76(107)94-66(79(110)92-64(45)80(111)112)68(101)40-13-20-54(49(85)27-40)120-56-29-41-28-55(71(56)123-81-72(70(103)69(102)57(34-97)121-81)122-59-32-82(5,87)73(104)37(4)118-59)119-53-19-12-39(26-48(53)84)67(100)65(93-74(105)50(88-6)24-36(2)3)78(109)89-51(31-58(86)99)75(106)90-63(41)77(108)91-62/h11-20,25-30,36-37,50-51,57,59,62-70,72-73,81,88,97-98,100-104,113-114H,7-10,21-24,31-35,87H2,1-6H3,(H2,86,99)(H,89,109)(H,90,106)(H,91,108)(H,92,110)(H,93,105)(H,94,107)(H,111,112)/t37?,50?,51?,57?,59?,62?,63?,64-,65?,66?,67?,68?,69?,70?,72?,73?,81?,82?/m0/s1. The van der Waals surface area contributed by atoms with Crippen LogP contribution in [0.4, 0.5) is 0 Å². The second kappa shape index (κ2) is 37.3. The highest BCUT2D eigenvalue weighted by atomic mass is 35.5. The number of nitrogens with zero attached hydrogens (tertiary/aromatic N) is 2. The number of carbonyl (C=O) groups excluding carboxylic acids is 7. The molecule has 38 nitrogen and oxygen atoms in total. The van der Waals surface area contributed by atoms with Crippen molar-refractivity contribution in [3.05, 3.63) is 152 Å². The largest absolute Gasteiger partial charge is 0.508 e. The number of nitrogens with two attached hydrogens (primary N) is 2. The maximum atomic E-state index is 16.5. The lowest BCUT2D eigenvalue weighted by Crippen LogP contribution is -2.64. The number of aromatic hydroxyl groups is 1. The predicted octanol–water partition coefficient (Wildman–Crippen LogP) is 1.62. The zero-order valence-electron chi connectivity index (χ0n) is 67.9. The molecule has 8 aliphatic heterocycles. The number of hydrogen-bond donors (Lipinski definition) is 19. The second-order valence-electron chi connectivity index (χ2n) is 32.5. The van der Waals surface area contributed by atoms with Gasteiger partial charge in [-0.3, -0.25) is 38.5 Å². The Morgan fingerprint density at radius 2 is 1.39 bits per heavy atom. The van der Waals surface area contributed by atoms with Crippen molar-refractivity contribution in [2.45, 2.75) is 206 Å². The molecule has 0 aromatic heterocycles. The van der Waals surface area contributed by atoms with Gasteiger partial charge in [-0.05, 0) is 158 Å². The number of ether oxygens (including phenoxy) is 7. The van der Waals surface area contributed by atoms with Crippen molar-refractivity contribution in [1.29, 1.82) is 0 Å². The molecule has 124 heavy (non-hydrogen) atoms. The zero-order valence-corrected chi connectivity index (χ0v) is 70.3. The minimum absolute atomic E-state index is 0.0254. The molecule has 668 valence electrons. The minimum atomic E-state index is -4.26. The number of phenols is 1. The van der Waals surface area contributed by atoms with E-state index in [-0.39, 0.29) is 94.0 Å². The van der Waals surface area contributed by atoms with Crippen LogP contribution < -0.4 is 67.6 Å². The molecule has 6 aromatic rings. The number of nitrogens with one attached hydrogen (secondary N) is 7. The molecule has 1 aliphatic carbocycles. The first-order chi connectivity index (χ1) is 58.7. The van der Waals surface area contributed by atoms with E-state index in [4.69, 9.17) is 67.8 Å². The van der Waals surface area contributed by atoms with E-state index in [1.54, 1.807) is 4.90 Å². The zero-order chi connectivity index (χ0) is 89.6. The average Bonchev–Trinajstić information content (AvgIpc) is 1.54. The van der Waals surface area contributed by atoms with Gasteiger partial charge < -0.3 is 133 Å². The summed E-state index contributed by atoms with van der Waals surface area (Å²) in [7, 11) is -2.79. The third-order valence-corrected chi connectivity index (χ3v) is 25.4. The van der Waals surface area contributed by atoms with Crippen molar-refractivity contribution in [1.82, 2.24) is 46.4 Å². The van der Waals surface area contributed by atoms with Gasteiger partial charge in [-0.1, -0.05) is 81.1 Å². The summed E-state index contributed by atoms with van der Waals surface area (Å²) in [4.78, 5) is 122. The fraction of sp³-hybridized carbons (Fsp3) is 0.470. The highest BCUT2D eigenvalue weighted by molar-refractivity contribution is 7.89. The van der Waals surface area contributed by atoms with E-state index >= 15 is 24.0 Å². The first kappa shape index (κ1) is 91.7. The third kappa shape index (κ3) is 18.9. The highest BCUT2D eigenvalue weighted by Gasteiger charge is 2.53. The van der Waals surface area contributed by atoms with Gasteiger partial charge in [0.25, 0.3) is 0 Å². The van der Waals surface area contributed by atoms with Crippen LogP contribution in [0.2, 0.25) is 10.0 Å². The van der Waals surface area contributed by atoms with Crippen molar-refractivity contribution in [2.75, 3.05) is 40.0 Å². The Kier molecular flexibility index (Phi) is 27.6. The summed E-state index contributed by atoms with van der Waals surface area (Å²) in [5.41, 5.74) is 7.10. The van der Waals surface area contributed by atoms with E-state index in [0.29, 0.717) is 12.4 Å². The van der Waals surface area contributed by atoms with Gasteiger partial charge in [-0.15, -0.1) is 0 Å². The lowest BCUT2D eigenvalue weighted by molar-refractivity contribution is -0.333. The van der Waals surface area contributed by atoms with Gasteiger partial charge in [0.05, 0.1) is 59.5 Å². The van der Waals surface area contributed by atoms with E-state index in [0.717, 1.165) is 79.9 Å². The summed E-state index contributed by atoms with van der Waals surface area (Å²) < 4.78 is 74.6. The molecule has 9 aliphatic rings. The number of halogens is 2. The summed E-state index contributed by atoms with van der Waals surface area (Å²) in [6.45, 7) is 7.45. The van der Waals surface area contributed by atoms with Crippen molar-refractivity contribution in [3.63, 3.8) is 0 Å². The molecular formula is C83H99Cl2N11O27S. The van der Waals surface area contributed by atoms with E-state index in [1.807, 2.05) is 20.8 Å². The fourth-order valence-electron chi connectivity index (χ4n) is 16.4. The molecule has 6 aromatic carbocycles. The summed E-state index contributed by atoms with van der Waals surface area (Å²) in [5.74, 6) is -17.6. The number of benzene rings is 6. The van der Waals surface area contributed by atoms with Gasteiger partial charge in [0.1, 0.15) is 83.7 Å². The number of sulfonamides is 1. The van der Waals surface area contributed by atoms with Gasteiger partial charge in [0.2, 0.25) is 69.2 Å². The SMILES string of the molecule is CCCCCOc1ccc(S(=O)(=O)N2CCCN(Cc3c(O)cc4c5c3C(O)(O)c3ccc(cc3-5)C3NC(=O)C5NC(=O)C(CC(N)=O)NC(=O)C(NC(=O)C(CC(C)C)NC)C(O)c6ccc(c(Cl)c6)Oc6cc5cc(c6OC5OC(CO)C(O)C(O)C5OC5CC(C)(N)C(O)C(C)O5)Oc5ccc(cc5Cl)C(O)C(NC3=O)C(=O)N[C@@H]4C(=O)O)C2)cc1. The number of likely N-dealkylation sites (N-methyl/N-ethyl adjacent to an activating group) is 1. The van der Waals surface area contributed by atoms with Crippen molar-refractivity contribution < 1.29 is 131 Å². The number of hydrogen-bond acceptors (Lipinski definition) is 29. The Morgan fingerprint density at radius 1 is 0.750 bits per heavy atom. The van der Waals surface area contributed by atoms with Crippen LogP contribution >= 0.6 is 23.2 Å². The number of phenolic OH excluding ortho intramolecular Hbond substituents is 1. The summed E-state index contributed by atoms with van der Waals surface area (Å²) in [6, 6.07) is 4.37. The second-order valence-corrected chi connectivity index (χ2v) is 35.2.